The van der Waals surface area contributed by atoms with Gasteiger partial charge in [-0.05, 0) is 45.0 Å². The average Bonchev–Trinajstić information content (AvgIpc) is 2.73. The SMILES string of the molecule is Cc1ccc(-c2ccc(N3CCN(C(=O)c4cc(C)cc(C)c4)CC3)nn2)cc1. The Hall–Kier alpha value is -3.21. The Labute approximate surface area is 172 Å². The van der Waals surface area contributed by atoms with Crippen LogP contribution in [0.15, 0.2) is 54.6 Å². The van der Waals surface area contributed by atoms with Crippen LogP contribution in [0.3, 0.4) is 0 Å². The predicted octanol–water partition coefficient (Wildman–Crippen LogP) is 4.03. The van der Waals surface area contributed by atoms with Gasteiger partial charge in [0.1, 0.15) is 0 Å². The van der Waals surface area contributed by atoms with Crippen molar-refractivity contribution in [2.75, 3.05) is 31.1 Å². The van der Waals surface area contributed by atoms with Gasteiger partial charge in [-0.1, -0.05) is 47.0 Å². The Balaban J connectivity index is 1.40. The van der Waals surface area contributed by atoms with Crippen molar-refractivity contribution < 1.29 is 4.79 Å². The Morgan fingerprint density at radius 3 is 2.00 bits per heavy atom. The highest BCUT2D eigenvalue weighted by Gasteiger charge is 2.23. The summed E-state index contributed by atoms with van der Waals surface area (Å²) in [5, 5.41) is 8.83. The third-order valence-electron chi connectivity index (χ3n) is 5.36. The van der Waals surface area contributed by atoms with Crippen molar-refractivity contribution in [2.24, 2.45) is 0 Å². The lowest BCUT2D eigenvalue weighted by atomic mass is 10.1. The van der Waals surface area contributed by atoms with Crippen LogP contribution in [0, 0.1) is 20.8 Å². The Morgan fingerprint density at radius 2 is 1.41 bits per heavy atom. The predicted molar refractivity (Wildman–Crippen MR) is 116 cm³/mol. The Kier molecular flexibility index (Phi) is 5.30. The molecule has 0 N–H and O–H groups in total. The molecule has 148 valence electrons. The minimum Gasteiger partial charge on any atom is -0.352 e. The van der Waals surface area contributed by atoms with Crippen molar-refractivity contribution in [1.29, 1.82) is 0 Å². The molecule has 1 fully saturated rings. The van der Waals surface area contributed by atoms with Crippen LogP contribution < -0.4 is 4.90 Å². The van der Waals surface area contributed by atoms with E-state index < -0.39 is 0 Å². The molecule has 0 radical (unpaired) electrons. The quantitative estimate of drug-likeness (QED) is 0.682. The number of nitrogens with zero attached hydrogens (tertiary/aromatic N) is 4. The number of aryl methyl sites for hydroxylation is 3. The molecule has 4 rings (SSSR count). The first-order chi connectivity index (χ1) is 14.0. The molecular formula is C24H26N4O. The summed E-state index contributed by atoms with van der Waals surface area (Å²) < 4.78 is 0. The fraction of sp³-hybridized carbons (Fsp3) is 0.292. The van der Waals surface area contributed by atoms with E-state index in [0.717, 1.165) is 46.9 Å². The number of carbonyl (C=O) groups excluding carboxylic acids is 1. The van der Waals surface area contributed by atoms with Crippen molar-refractivity contribution in [3.63, 3.8) is 0 Å². The van der Waals surface area contributed by atoms with Crippen molar-refractivity contribution >= 4 is 11.7 Å². The Morgan fingerprint density at radius 1 is 0.759 bits per heavy atom. The van der Waals surface area contributed by atoms with Crippen LogP contribution in [0.4, 0.5) is 5.82 Å². The number of rotatable bonds is 3. The molecule has 0 aliphatic carbocycles. The smallest absolute Gasteiger partial charge is 0.253 e. The van der Waals surface area contributed by atoms with Crippen LogP contribution in [0.25, 0.3) is 11.3 Å². The standard InChI is InChI=1S/C24H26N4O/c1-17-4-6-20(7-5-17)22-8-9-23(26-25-22)27-10-12-28(13-11-27)24(29)21-15-18(2)14-19(3)16-21/h4-9,14-16H,10-13H2,1-3H3. The number of anilines is 1. The number of carbonyl (C=O) groups is 1. The fourth-order valence-corrected chi connectivity index (χ4v) is 3.79. The summed E-state index contributed by atoms with van der Waals surface area (Å²) >= 11 is 0. The second-order valence-electron chi connectivity index (χ2n) is 7.80. The molecule has 0 bridgehead atoms. The molecule has 2 heterocycles. The van der Waals surface area contributed by atoms with Gasteiger partial charge in [-0.3, -0.25) is 4.79 Å². The van der Waals surface area contributed by atoms with Crippen LogP contribution >= 0.6 is 0 Å². The maximum atomic E-state index is 12.9. The molecule has 0 unspecified atom stereocenters. The largest absolute Gasteiger partial charge is 0.352 e. The van der Waals surface area contributed by atoms with Gasteiger partial charge >= 0.3 is 0 Å². The van der Waals surface area contributed by atoms with Crippen LogP contribution in [0.2, 0.25) is 0 Å². The third kappa shape index (κ3) is 4.29. The minimum absolute atomic E-state index is 0.109. The molecule has 0 spiro atoms. The number of hydrogen-bond acceptors (Lipinski definition) is 4. The lowest BCUT2D eigenvalue weighted by Gasteiger charge is -2.35. The zero-order valence-electron chi connectivity index (χ0n) is 17.2. The van der Waals surface area contributed by atoms with Gasteiger partial charge in [0, 0.05) is 37.3 Å². The van der Waals surface area contributed by atoms with Crippen LogP contribution in [-0.4, -0.2) is 47.2 Å². The van der Waals surface area contributed by atoms with Gasteiger partial charge < -0.3 is 9.80 Å². The molecule has 0 atom stereocenters. The molecule has 1 aliphatic rings. The number of benzene rings is 2. The molecule has 1 aromatic heterocycles. The monoisotopic (exact) mass is 386 g/mol. The van der Waals surface area contributed by atoms with Gasteiger partial charge in [0.25, 0.3) is 5.91 Å². The molecule has 1 amide bonds. The fourth-order valence-electron chi connectivity index (χ4n) is 3.79. The molecule has 5 nitrogen and oxygen atoms in total. The summed E-state index contributed by atoms with van der Waals surface area (Å²) in [6, 6.07) is 18.4. The van der Waals surface area contributed by atoms with Crippen molar-refractivity contribution in [1.82, 2.24) is 15.1 Å². The molecule has 3 aromatic rings. The lowest BCUT2D eigenvalue weighted by molar-refractivity contribution is 0.0746. The highest BCUT2D eigenvalue weighted by Crippen LogP contribution is 2.20. The molecular weight excluding hydrogens is 360 g/mol. The van der Waals surface area contributed by atoms with E-state index in [9.17, 15) is 4.79 Å². The summed E-state index contributed by atoms with van der Waals surface area (Å²) in [6.45, 7) is 9.02. The van der Waals surface area contributed by atoms with Gasteiger partial charge in [0.05, 0.1) is 5.69 Å². The van der Waals surface area contributed by atoms with E-state index in [4.69, 9.17) is 0 Å². The second kappa shape index (κ2) is 8.03. The van der Waals surface area contributed by atoms with Crippen LogP contribution in [0.1, 0.15) is 27.0 Å². The van der Waals surface area contributed by atoms with Gasteiger partial charge in [-0.25, -0.2) is 0 Å². The van der Waals surface area contributed by atoms with E-state index in [1.54, 1.807) is 0 Å². The van der Waals surface area contributed by atoms with E-state index in [1.165, 1.54) is 5.56 Å². The van der Waals surface area contributed by atoms with E-state index in [0.29, 0.717) is 13.1 Å². The number of aromatic nitrogens is 2. The van der Waals surface area contributed by atoms with Crippen LogP contribution in [-0.2, 0) is 0 Å². The molecule has 29 heavy (non-hydrogen) atoms. The second-order valence-corrected chi connectivity index (χ2v) is 7.80. The highest BCUT2D eigenvalue weighted by molar-refractivity contribution is 5.94. The number of hydrogen-bond donors (Lipinski definition) is 0. The third-order valence-corrected chi connectivity index (χ3v) is 5.36. The topological polar surface area (TPSA) is 49.3 Å². The normalized spacial score (nSPS) is 14.2. The van der Waals surface area contributed by atoms with Crippen molar-refractivity contribution in [2.45, 2.75) is 20.8 Å². The highest BCUT2D eigenvalue weighted by atomic mass is 16.2. The summed E-state index contributed by atoms with van der Waals surface area (Å²) in [7, 11) is 0. The summed E-state index contributed by atoms with van der Waals surface area (Å²) in [6.07, 6.45) is 0. The zero-order valence-corrected chi connectivity index (χ0v) is 17.2. The Bertz CT molecular complexity index is 984. The van der Waals surface area contributed by atoms with Gasteiger partial charge in [0.2, 0.25) is 0 Å². The number of amides is 1. The first-order valence-corrected chi connectivity index (χ1v) is 10.0. The first-order valence-electron chi connectivity index (χ1n) is 10.0. The lowest BCUT2D eigenvalue weighted by Crippen LogP contribution is -2.49. The van der Waals surface area contributed by atoms with Gasteiger partial charge in [0.15, 0.2) is 5.82 Å². The van der Waals surface area contributed by atoms with Crippen molar-refractivity contribution in [3.8, 4) is 11.3 Å². The van der Waals surface area contributed by atoms with Gasteiger partial charge in [-0.2, -0.15) is 0 Å². The first kappa shape index (κ1) is 19.1. The molecule has 0 saturated carbocycles. The molecule has 1 saturated heterocycles. The van der Waals surface area contributed by atoms with E-state index in [1.807, 2.05) is 43.0 Å². The van der Waals surface area contributed by atoms with E-state index in [2.05, 4.69) is 52.4 Å². The van der Waals surface area contributed by atoms with Crippen molar-refractivity contribution in [3.05, 3.63) is 76.9 Å². The summed E-state index contributed by atoms with van der Waals surface area (Å²) in [4.78, 5) is 17.0. The minimum atomic E-state index is 0.109. The van der Waals surface area contributed by atoms with Crippen LogP contribution in [0.5, 0.6) is 0 Å². The summed E-state index contributed by atoms with van der Waals surface area (Å²) in [5.41, 5.74) is 6.19. The van der Waals surface area contributed by atoms with E-state index in [-0.39, 0.29) is 5.91 Å². The maximum Gasteiger partial charge on any atom is 0.253 e. The molecule has 5 heteroatoms. The molecule has 2 aromatic carbocycles. The summed E-state index contributed by atoms with van der Waals surface area (Å²) in [5.74, 6) is 0.969. The zero-order chi connectivity index (χ0) is 20.4. The van der Waals surface area contributed by atoms with Gasteiger partial charge in [-0.15, -0.1) is 10.2 Å². The van der Waals surface area contributed by atoms with E-state index >= 15 is 0 Å². The molecule has 1 aliphatic heterocycles. The average molecular weight is 386 g/mol. The maximum absolute atomic E-state index is 12.9. The number of piperazine rings is 1.